The number of benzene rings is 2. The van der Waals surface area contributed by atoms with Gasteiger partial charge in [0, 0.05) is 11.3 Å². The summed E-state index contributed by atoms with van der Waals surface area (Å²) in [6.45, 7) is 4.91. The van der Waals surface area contributed by atoms with E-state index >= 15 is 0 Å². The lowest BCUT2D eigenvalue weighted by molar-refractivity contribution is -0.126. The van der Waals surface area contributed by atoms with E-state index in [-0.39, 0.29) is 16.9 Å². The Kier molecular flexibility index (Phi) is 5.98. The van der Waals surface area contributed by atoms with Gasteiger partial charge >= 0.3 is 0 Å². The summed E-state index contributed by atoms with van der Waals surface area (Å²) in [5, 5.41) is 2.71. The van der Waals surface area contributed by atoms with Gasteiger partial charge in [0.2, 0.25) is 5.91 Å². The number of aryl methyl sites for hydroxylation is 1. The molecule has 8 heteroatoms. The molecule has 1 N–H and O–H groups in total. The fourth-order valence-electron chi connectivity index (χ4n) is 3.36. The average molecular weight is 429 g/mol. The Hall–Kier alpha value is -3.13. The van der Waals surface area contributed by atoms with Crippen molar-refractivity contribution in [1.29, 1.82) is 0 Å². The molecule has 30 heavy (non-hydrogen) atoms. The summed E-state index contributed by atoms with van der Waals surface area (Å²) < 4.78 is 32.1. The van der Waals surface area contributed by atoms with Gasteiger partial charge < -0.3 is 10.1 Å². The van der Waals surface area contributed by atoms with Gasteiger partial charge in [0.25, 0.3) is 15.9 Å². The third kappa shape index (κ3) is 3.82. The normalized spacial score (nSPS) is 15.5. The summed E-state index contributed by atoms with van der Waals surface area (Å²) in [5.41, 5.74) is 3.02. The number of rotatable bonds is 6. The van der Waals surface area contributed by atoms with Crippen LogP contribution in [0.1, 0.15) is 30.0 Å². The van der Waals surface area contributed by atoms with Crippen LogP contribution in [0.3, 0.4) is 0 Å². The molecule has 2 amide bonds. The van der Waals surface area contributed by atoms with Crippen molar-refractivity contribution in [3.63, 3.8) is 0 Å². The van der Waals surface area contributed by atoms with E-state index in [0.29, 0.717) is 21.3 Å². The van der Waals surface area contributed by atoms with Gasteiger partial charge in [-0.05, 0) is 67.3 Å². The van der Waals surface area contributed by atoms with Crippen LogP contribution in [0.25, 0.3) is 4.91 Å². The average Bonchev–Trinajstić information content (AvgIpc) is 2.91. The van der Waals surface area contributed by atoms with Gasteiger partial charge in [-0.1, -0.05) is 19.1 Å². The zero-order chi connectivity index (χ0) is 22.1. The van der Waals surface area contributed by atoms with Gasteiger partial charge in [-0.25, -0.2) is 12.7 Å². The molecule has 0 radical (unpaired) electrons. The number of nitrogens with zero attached hydrogens (tertiary/aromatic N) is 1. The van der Waals surface area contributed by atoms with Gasteiger partial charge in [0.05, 0.1) is 7.11 Å². The fraction of sp³-hybridized carbons (Fsp3) is 0.273. The Morgan fingerprint density at radius 1 is 1.10 bits per heavy atom. The van der Waals surface area contributed by atoms with Gasteiger partial charge in [0.15, 0.2) is 0 Å². The summed E-state index contributed by atoms with van der Waals surface area (Å²) in [6, 6.07) is 11.9. The van der Waals surface area contributed by atoms with Gasteiger partial charge in [-0.2, -0.15) is 0 Å². The van der Waals surface area contributed by atoms with Crippen LogP contribution >= 0.6 is 0 Å². The zero-order valence-corrected chi connectivity index (χ0v) is 18.2. The Labute approximate surface area is 176 Å². The Morgan fingerprint density at radius 3 is 2.37 bits per heavy atom. The second kappa shape index (κ2) is 8.31. The van der Waals surface area contributed by atoms with E-state index in [1.165, 1.54) is 7.11 Å². The summed E-state index contributed by atoms with van der Waals surface area (Å²) >= 11 is 0. The molecule has 0 unspecified atom stereocenters. The standard InChI is InChI=1S/C22H24N2O5S/c1-5-18-21(16-9-11-17(29-4)12-10-16)30(27,28)24(22(18)26)13-20(25)23-19-8-6-7-14(2)15(19)3/h6-12H,5,13H2,1-4H3,(H,23,25). The molecule has 158 valence electrons. The number of hydrogen-bond donors (Lipinski definition) is 1. The maximum absolute atomic E-state index is 13.2. The summed E-state index contributed by atoms with van der Waals surface area (Å²) in [4.78, 5) is 25.4. The molecule has 3 rings (SSSR count). The predicted octanol–water partition coefficient (Wildman–Crippen LogP) is 3.24. The first-order valence-corrected chi connectivity index (χ1v) is 11.0. The molecule has 7 nitrogen and oxygen atoms in total. The SMILES string of the molecule is CCC1=C(c2ccc(OC)cc2)S(=O)(=O)N(CC(=O)Nc2cccc(C)c2C)C1=O. The third-order valence-electron chi connectivity index (χ3n) is 5.18. The molecular formula is C22H24N2O5S. The summed E-state index contributed by atoms with van der Waals surface area (Å²) in [6.07, 6.45) is 0.231. The van der Waals surface area contributed by atoms with Gasteiger partial charge in [-0.15, -0.1) is 0 Å². The first-order valence-electron chi connectivity index (χ1n) is 9.51. The smallest absolute Gasteiger partial charge is 0.268 e. The molecule has 0 saturated carbocycles. The van der Waals surface area contributed by atoms with Crippen LogP contribution in [0.4, 0.5) is 5.69 Å². The van der Waals surface area contributed by atoms with Crippen LogP contribution in [-0.4, -0.2) is 38.2 Å². The van der Waals surface area contributed by atoms with E-state index in [9.17, 15) is 18.0 Å². The summed E-state index contributed by atoms with van der Waals surface area (Å²) in [5.74, 6) is -0.671. The second-order valence-corrected chi connectivity index (χ2v) is 8.80. The number of carbonyl (C=O) groups is 2. The van der Waals surface area contributed by atoms with Crippen LogP contribution < -0.4 is 10.1 Å². The minimum absolute atomic E-state index is 0.0582. The highest BCUT2D eigenvalue weighted by Crippen LogP contribution is 2.37. The van der Waals surface area contributed by atoms with Gasteiger partial charge in [-0.3, -0.25) is 9.59 Å². The number of anilines is 1. The number of ether oxygens (including phenoxy) is 1. The first kappa shape index (κ1) is 21.6. The van der Waals surface area contributed by atoms with Crippen molar-refractivity contribution in [3.05, 3.63) is 64.7 Å². The quantitative estimate of drug-likeness (QED) is 0.762. The lowest BCUT2D eigenvalue weighted by Crippen LogP contribution is -2.38. The van der Waals surface area contributed by atoms with Crippen LogP contribution in [0, 0.1) is 13.8 Å². The Balaban J connectivity index is 1.89. The number of methoxy groups -OCH3 is 1. The molecule has 0 spiro atoms. The van der Waals surface area contributed by atoms with Crippen LogP contribution in [-0.2, 0) is 19.6 Å². The molecule has 0 aromatic heterocycles. The van der Waals surface area contributed by atoms with Crippen LogP contribution in [0.15, 0.2) is 48.0 Å². The molecule has 1 heterocycles. The van der Waals surface area contributed by atoms with Crippen molar-refractivity contribution in [2.24, 2.45) is 0 Å². The fourth-order valence-corrected chi connectivity index (χ4v) is 5.18. The lowest BCUT2D eigenvalue weighted by atomic mass is 10.1. The van der Waals surface area contributed by atoms with Crippen molar-refractivity contribution in [1.82, 2.24) is 4.31 Å². The minimum Gasteiger partial charge on any atom is -0.497 e. The maximum atomic E-state index is 13.2. The largest absolute Gasteiger partial charge is 0.497 e. The number of nitrogens with one attached hydrogen (secondary N) is 1. The summed E-state index contributed by atoms with van der Waals surface area (Å²) in [7, 11) is -2.64. The number of hydrogen-bond acceptors (Lipinski definition) is 5. The molecule has 0 atom stereocenters. The Morgan fingerprint density at radius 2 is 1.77 bits per heavy atom. The highest BCUT2D eigenvalue weighted by atomic mass is 32.2. The topological polar surface area (TPSA) is 92.8 Å². The van der Waals surface area contributed by atoms with E-state index in [0.717, 1.165) is 11.1 Å². The van der Waals surface area contributed by atoms with Crippen LogP contribution in [0.2, 0.25) is 0 Å². The monoisotopic (exact) mass is 428 g/mol. The van der Waals surface area contributed by atoms with Crippen LogP contribution in [0.5, 0.6) is 5.75 Å². The third-order valence-corrected chi connectivity index (χ3v) is 7.05. The van der Waals surface area contributed by atoms with Crippen molar-refractivity contribution in [3.8, 4) is 5.75 Å². The maximum Gasteiger partial charge on any atom is 0.268 e. The number of amides is 2. The number of carbonyl (C=O) groups excluding carboxylic acids is 2. The minimum atomic E-state index is -4.15. The molecule has 0 fully saturated rings. The Bertz CT molecular complexity index is 1130. The molecular weight excluding hydrogens is 404 g/mol. The molecule has 1 aliphatic rings. The number of sulfonamides is 1. The first-order chi connectivity index (χ1) is 14.2. The van der Waals surface area contributed by atoms with E-state index in [2.05, 4.69) is 5.32 Å². The highest BCUT2D eigenvalue weighted by Gasteiger charge is 2.44. The van der Waals surface area contributed by atoms with E-state index in [1.54, 1.807) is 43.3 Å². The molecule has 2 aromatic rings. The molecule has 0 saturated heterocycles. The zero-order valence-electron chi connectivity index (χ0n) is 17.4. The molecule has 2 aromatic carbocycles. The lowest BCUT2D eigenvalue weighted by Gasteiger charge is -2.17. The van der Waals surface area contributed by atoms with E-state index in [1.807, 2.05) is 19.9 Å². The highest BCUT2D eigenvalue weighted by molar-refractivity contribution is 7.99. The molecule has 1 aliphatic heterocycles. The van der Waals surface area contributed by atoms with Crippen molar-refractivity contribution < 1.29 is 22.7 Å². The molecule has 0 bridgehead atoms. The van der Waals surface area contributed by atoms with Gasteiger partial charge in [0.1, 0.15) is 17.2 Å². The second-order valence-electron chi connectivity index (χ2n) is 7.00. The van der Waals surface area contributed by atoms with Crippen molar-refractivity contribution >= 4 is 32.4 Å². The van der Waals surface area contributed by atoms with Crippen molar-refractivity contribution in [2.75, 3.05) is 19.0 Å². The van der Waals surface area contributed by atoms with E-state index in [4.69, 9.17) is 4.74 Å². The predicted molar refractivity (Wildman–Crippen MR) is 115 cm³/mol. The van der Waals surface area contributed by atoms with Crippen molar-refractivity contribution in [2.45, 2.75) is 27.2 Å². The molecule has 0 aliphatic carbocycles. The van der Waals surface area contributed by atoms with E-state index < -0.39 is 28.4 Å².